The van der Waals surface area contributed by atoms with Crippen LogP contribution in [-0.4, -0.2) is 24.3 Å². The van der Waals surface area contributed by atoms with Gasteiger partial charge in [-0.1, -0.05) is 49.2 Å². The number of para-hydroxylation sites is 2. The monoisotopic (exact) mass is 403 g/mol. The topological polar surface area (TPSA) is 48.5 Å². The normalized spacial score (nSPS) is 15.5. The molecule has 0 bridgehead atoms. The van der Waals surface area contributed by atoms with E-state index in [-0.39, 0.29) is 0 Å². The average Bonchev–Trinajstić information content (AvgIpc) is 3.28. The molecule has 0 atom stereocenters. The number of alkyl halides is 2. The van der Waals surface area contributed by atoms with Crippen LogP contribution in [0.2, 0.25) is 0 Å². The van der Waals surface area contributed by atoms with E-state index in [0.29, 0.717) is 35.1 Å². The Kier molecular flexibility index (Phi) is 5.75. The molecule has 0 amide bonds. The Labute approximate surface area is 166 Å². The fraction of sp³-hybridized carbons (Fsp3) is 0.450. The molecule has 28 heavy (non-hydrogen) atoms. The predicted molar refractivity (Wildman–Crippen MR) is 107 cm³/mol. The molecule has 1 aromatic carbocycles. The van der Waals surface area contributed by atoms with Gasteiger partial charge in [-0.2, -0.15) is 8.78 Å². The molecule has 3 aromatic rings. The first-order chi connectivity index (χ1) is 13.7. The van der Waals surface area contributed by atoms with E-state index >= 15 is 0 Å². The van der Waals surface area contributed by atoms with Crippen molar-refractivity contribution in [1.29, 1.82) is 0 Å². The molecule has 8 heteroatoms. The van der Waals surface area contributed by atoms with Crippen LogP contribution in [0.5, 0.6) is 0 Å². The number of imidazole rings is 1. The molecule has 4 rings (SSSR count). The summed E-state index contributed by atoms with van der Waals surface area (Å²) in [5.41, 5.74) is 1.03. The van der Waals surface area contributed by atoms with Gasteiger partial charge in [0.2, 0.25) is 0 Å². The van der Waals surface area contributed by atoms with Gasteiger partial charge in [0.05, 0.1) is 16.8 Å². The first-order valence-electron chi connectivity index (χ1n) is 9.60. The van der Waals surface area contributed by atoms with Gasteiger partial charge in [-0.3, -0.25) is 4.57 Å². The zero-order chi connectivity index (χ0) is 19.5. The van der Waals surface area contributed by atoms with E-state index in [0.717, 1.165) is 28.4 Å². The number of nitrogens with zero attached hydrogens (tertiary/aromatic N) is 5. The minimum absolute atomic E-state index is 0.305. The third kappa shape index (κ3) is 3.70. The number of fused-ring (bicyclic) bond motifs is 1. The van der Waals surface area contributed by atoms with E-state index in [2.05, 4.69) is 26.3 Å². The van der Waals surface area contributed by atoms with Crippen LogP contribution in [0.15, 0.2) is 42.1 Å². The summed E-state index contributed by atoms with van der Waals surface area (Å²) in [6.07, 6.45) is 7.78. The number of benzene rings is 1. The van der Waals surface area contributed by atoms with Crippen molar-refractivity contribution in [3.05, 3.63) is 48.6 Å². The Balaban J connectivity index is 1.60. The van der Waals surface area contributed by atoms with Crippen LogP contribution < -0.4 is 0 Å². The fourth-order valence-corrected chi connectivity index (χ4v) is 4.80. The molecule has 5 nitrogen and oxygen atoms in total. The molecule has 0 spiro atoms. The molecular weight excluding hydrogens is 380 g/mol. The van der Waals surface area contributed by atoms with Crippen molar-refractivity contribution in [2.24, 2.45) is 0 Å². The van der Waals surface area contributed by atoms with Crippen LogP contribution >= 0.6 is 11.8 Å². The zero-order valence-electron chi connectivity index (χ0n) is 15.6. The van der Waals surface area contributed by atoms with Crippen molar-refractivity contribution >= 4 is 22.8 Å². The van der Waals surface area contributed by atoms with Gasteiger partial charge in [0.1, 0.15) is 11.6 Å². The van der Waals surface area contributed by atoms with Crippen molar-refractivity contribution in [3.8, 4) is 0 Å². The lowest BCUT2D eigenvalue weighted by Gasteiger charge is -2.21. The molecule has 0 N–H and O–H groups in total. The Morgan fingerprint density at radius 3 is 2.71 bits per heavy atom. The average molecular weight is 404 g/mol. The van der Waals surface area contributed by atoms with Gasteiger partial charge >= 0.3 is 6.55 Å². The Hall–Kier alpha value is -2.22. The predicted octanol–water partition coefficient (Wildman–Crippen LogP) is 5.55. The van der Waals surface area contributed by atoms with Gasteiger partial charge in [0, 0.05) is 12.5 Å². The van der Waals surface area contributed by atoms with E-state index in [1.165, 1.54) is 31.0 Å². The van der Waals surface area contributed by atoms with Gasteiger partial charge in [0.25, 0.3) is 0 Å². The van der Waals surface area contributed by atoms with Crippen molar-refractivity contribution in [2.45, 2.75) is 62.0 Å². The van der Waals surface area contributed by atoms with Crippen LogP contribution in [-0.2, 0) is 12.3 Å². The summed E-state index contributed by atoms with van der Waals surface area (Å²) in [5.74, 6) is 2.05. The lowest BCUT2D eigenvalue weighted by atomic mass is 9.89. The molecule has 0 unspecified atom stereocenters. The number of rotatable bonds is 7. The summed E-state index contributed by atoms with van der Waals surface area (Å²) in [6, 6.07) is 6.98. The minimum atomic E-state index is -2.63. The lowest BCUT2D eigenvalue weighted by molar-refractivity contribution is 0.0722. The van der Waals surface area contributed by atoms with E-state index in [9.17, 15) is 8.78 Å². The number of allylic oxidation sites excluding steroid dienone is 1. The molecule has 148 valence electrons. The van der Waals surface area contributed by atoms with E-state index in [4.69, 9.17) is 0 Å². The second-order valence-corrected chi connectivity index (χ2v) is 7.97. The standard InChI is InChI=1S/C20H23F2N5S/c1-2-12-26-18(14-8-4-3-5-9-14)24-25-20(26)28-13-17-23-15-10-6-7-11-16(15)27(17)19(21)22/h2,6-7,10-11,14,19H,1,3-5,8-9,12-13H2. The Morgan fingerprint density at radius 2 is 1.96 bits per heavy atom. The summed E-state index contributed by atoms with van der Waals surface area (Å²) in [4.78, 5) is 4.41. The molecule has 0 saturated heterocycles. The smallest absolute Gasteiger partial charge is 0.302 e. The van der Waals surface area contributed by atoms with Gasteiger partial charge in [-0.25, -0.2) is 4.98 Å². The first kappa shape index (κ1) is 19.1. The molecule has 2 aromatic heterocycles. The second-order valence-electron chi connectivity index (χ2n) is 7.03. The highest BCUT2D eigenvalue weighted by atomic mass is 32.2. The maximum atomic E-state index is 13.6. The lowest BCUT2D eigenvalue weighted by Crippen LogP contribution is -2.12. The number of hydrogen-bond acceptors (Lipinski definition) is 4. The van der Waals surface area contributed by atoms with Gasteiger partial charge < -0.3 is 4.57 Å². The summed E-state index contributed by atoms with van der Waals surface area (Å²) in [7, 11) is 0. The van der Waals surface area contributed by atoms with Crippen LogP contribution in [0.1, 0.15) is 56.2 Å². The first-order valence-corrected chi connectivity index (χ1v) is 10.6. The molecule has 1 saturated carbocycles. The zero-order valence-corrected chi connectivity index (χ0v) is 16.4. The maximum absolute atomic E-state index is 13.6. The van der Waals surface area contributed by atoms with Crippen LogP contribution in [0.3, 0.4) is 0 Å². The van der Waals surface area contributed by atoms with E-state index in [1.54, 1.807) is 24.3 Å². The molecule has 0 radical (unpaired) electrons. The summed E-state index contributed by atoms with van der Waals surface area (Å²) in [6.45, 7) is 1.83. The van der Waals surface area contributed by atoms with Crippen molar-refractivity contribution < 1.29 is 8.78 Å². The fourth-order valence-electron chi connectivity index (χ4n) is 3.91. The molecule has 0 aliphatic heterocycles. The molecule has 1 aliphatic carbocycles. The van der Waals surface area contributed by atoms with Crippen LogP contribution in [0, 0.1) is 0 Å². The molecular formula is C20H23F2N5S. The molecule has 1 fully saturated rings. The van der Waals surface area contributed by atoms with Crippen molar-refractivity contribution in [1.82, 2.24) is 24.3 Å². The van der Waals surface area contributed by atoms with Crippen molar-refractivity contribution in [2.75, 3.05) is 0 Å². The quantitative estimate of drug-likeness (QED) is 0.383. The SMILES string of the molecule is C=CCn1c(SCc2nc3ccccc3n2C(F)F)nnc1C1CCCCC1. The van der Waals surface area contributed by atoms with Gasteiger partial charge in [0.15, 0.2) is 5.16 Å². The largest absolute Gasteiger partial charge is 0.320 e. The number of halogens is 2. The van der Waals surface area contributed by atoms with Crippen molar-refractivity contribution in [3.63, 3.8) is 0 Å². The highest BCUT2D eigenvalue weighted by Crippen LogP contribution is 2.34. The summed E-state index contributed by atoms with van der Waals surface area (Å²) in [5, 5.41) is 9.53. The van der Waals surface area contributed by atoms with E-state index < -0.39 is 6.55 Å². The summed E-state index contributed by atoms with van der Waals surface area (Å²) < 4.78 is 30.3. The second kappa shape index (κ2) is 8.43. The number of hydrogen-bond donors (Lipinski definition) is 0. The Morgan fingerprint density at radius 1 is 1.18 bits per heavy atom. The number of thioether (sulfide) groups is 1. The van der Waals surface area contributed by atoms with Gasteiger partial charge in [-0.15, -0.1) is 16.8 Å². The third-order valence-corrected chi connectivity index (χ3v) is 6.18. The molecule has 1 aliphatic rings. The third-order valence-electron chi connectivity index (χ3n) is 5.22. The van der Waals surface area contributed by atoms with E-state index in [1.807, 2.05) is 6.08 Å². The Bertz CT molecular complexity index is 959. The van der Waals surface area contributed by atoms with Crippen LogP contribution in [0.4, 0.5) is 8.78 Å². The highest BCUT2D eigenvalue weighted by molar-refractivity contribution is 7.98. The van der Waals surface area contributed by atoms with Gasteiger partial charge in [-0.05, 0) is 25.0 Å². The van der Waals surface area contributed by atoms with Crippen LogP contribution in [0.25, 0.3) is 11.0 Å². The number of aromatic nitrogens is 5. The minimum Gasteiger partial charge on any atom is -0.302 e. The summed E-state index contributed by atoms with van der Waals surface area (Å²) >= 11 is 1.40. The molecule has 2 heterocycles. The maximum Gasteiger partial charge on any atom is 0.320 e. The highest BCUT2D eigenvalue weighted by Gasteiger charge is 2.24.